The number of anilines is 3. The minimum absolute atomic E-state index is 0.0364. The predicted molar refractivity (Wildman–Crippen MR) is 65.5 cm³/mol. The maximum absolute atomic E-state index is 13.0. The van der Waals surface area contributed by atoms with Gasteiger partial charge in [-0.15, -0.1) is 0 Å². The molecule has 0 aliphatic rings. The lowest BCUT2D eigenvalue weighted by atomic mass is 10.2. The van der Waals surface area contributed by atoms with Crippen LogP contribution in [0.1, 0.15) is 0 Å². The first kappa shape index (κ1) is 12.6. The molecule has 0 amide bonds. The van der Waals surface area contributed by atoms with Crippen LogP contribution >= 0.6 is 11.6 Å². The van der Waals surface area contributed by atoms with E-state index in [4.69, 9.17) is 17.3 Å². The van der Waals surface area contributed by atoms with E-state index in [0.717, 1.165) is 18.2 Å². The summed E-state index contributed by atoms with van der Waals surface area (Å²) in [6, 6.07) is 5.66. The van der Waals surface area contributed by atoms with Crippen molar-refractivity contribution in [2.45, 2.75) is 0 Å². The second-order valence-corrected chi connectivity index (χ2v) is 4.01. The van der Waals surface area contributed by atoms with Crippen molar-refractivity contribution in [2.75, 3.05) is 11.1 Å². The first-order valence-corrected chi connectivity index (χ1v) is 5.32. The summed E-state index contributed by atoms with van der Waals surface area (Å²) < 4.78 is 38.9. The van der Waals surface area contributed by atoms with Crippen molar-refractivity contribution in [2.24, 2.45) is 0 Å². The molecule has 0 unspecified atom stereocenters. The zero-order chi connectivity index (χ0) is 13.3. The van der Waals surface area contributed by atoms with Gasteiger partial charge in [-0.2, -0.15) is 0 Å². The molecule has 0 aliphatic carbocycles. The minimum Gasteiger partial charge on any atom is -0.397 e. The average Bonchev–Trinajstić information content (AvgIpc) is 2.31. The number of nitrogens with one attached hydrogen (secondary N) is 1. The Balaban J connectivity index is 2.34. The number of halogens is 4. The van der Waals surface area contributed by atoms with E-state index >= 15 is 0 Å². The molecule has 2 aromatic rings. The summed E-state index contributed by atoms with van der Waals surface area (Å²) in [5.41, 5.74) is 6.16. The highest BCUT2D eigenvalue weighted by Gasteiger charge is 2.08. The molecule has 0 aromatic heterocycles. The van der Waals surface area contributed by atoms with E-state index in [0.29, 0.717) is 5.69 Å². The molecule has 0 heterocycles. The van der Waals surface area contributed by atoms with Gasteiger partial charge in [0.2, 0.25) is 0 Å². The van der Waals surface area contributed by atoms with E-state index in [2.05, 4.69) is 5.32 Å². The lowest BCUT2D eigenvalue weighted by Crippen LogP contribution is -1.99. The van der Waals surface area contributed by atoms with Crippen LogP contribution in [0.3, 0.4) is 0 Å². The van der Waals surface area contributed by atoms with Gasteiger partial charge in [0.15, 0.2) is 11.6 Å². The van der Waals surface area contributed by atoms with Gasteiger partial charge in [0, 0.05) is 17.8 Å². The number of hydrogen-bond donors (Lipinski definition) is 2. The molecule has 6 heteroatoms. The Bertz CT molecular complexity index is 602. The predicted octanol–water partition coefficient (Wildman–Crippen LogP) is 4.08. The molecule has 0 spiro atoms. The minimum atomic E-state index is -1.03. The van der Waals surface area contributed by atoms with Crippen molar-refractivity contribution in [3.05, 3.63) is 52.8 Å². The molecule has 2 aromatic carbocycles. The second-order valence-electron chi connectivity index (χ2n) is 3.61. The van der Waals surface area contributed by atoms with Crippen molar-refractivity contribution in [3.63, 3.8) is 0 Å². The van der Waals surface area contributed by atoms with E-state index in [-0.39, 0.29) is 16.4 Å². The largest absolute Gasteiger partial charge is 0.397 e. The zero-order valence-corrected chi connectivity index (χ0v) is 9.73. The fourth-order valence-corrected chi connectivity index (χ4v) is 1.58. The Labute approximate surface area is 106 Å². The topological polar surface area (TPSA) is 38.0 Å². The maximum atomic E-state index is 13.0. The Morgan fingerprint density at radius 1 is 0.944 bits per heavy atom. The molecule has 2 rings (SSSR count). The molecule has 94 valence electrons. The van der Waals surface area contributed by atoms with E-state index in [1.54, 1.807) is 0 Å². The average molecular weight is 273 g/mol. The van der Waals surface area contributed by atoms with Gasteiger partial charge in [0.05, 0.1) is 16.4 Å². The molecule has 0 atom stereocenters. The van der Waals surface area contributed by atoms with E-state index in [9.17, 15) is 13.2 Å². The summed E-state index contributed by atoms with van der Waals surface area (Å²) >= 11 is 5.60. The van der Waals surface area contributed by atoms with Crippen molar-refractivity contribution >= 4 is 28.7 Å². The summed E-state index contributed by atoms with van der Waals surface area (Å²) in [7, 11) is 0. The Kier molecular flexibility index (Phi) is 3.34. The first-order chi connectivity index (χ1) is 8.47. The van der Waals surface area contributed by atoms with Crippen molar-refractivity contribution in [1.29, 1.82) is 0 Å². The molecule has 0 radical (unpaired) electrons. The standard InChI is InChI=1S/C12H8ClF3N2/c13-7-3-6(1-2-8(7)14)18-12-5-10(16)9(15)4-11(12)17/h1-5,18H,17H2. The van der Waals surface area contributed by atoms with Crippen LogP contribution in [-0.2, 0) is 0 Å². The van der Waals surface area contributed by atoms with Crippen LogP contribution in [0.25, 0.3) is 0 Å². The zero-order valence-electron chi connectivity index (χ0n) is 8.98. The lowest BCUT2D eigenvalue weighted by molar-refractivity contribution is 0.509. The van der Waals surface area contributed by atoms with Gasteiger partial charge in [-0.1, -0.05) is 11.6 Å². The Morgan fingerprint density at radius 2 is 1.61 bits per heavy atom. The quantitative estimate of drug-likeness (QED) is 0.808. The van der Waals surface area contributed by atoms with Crippen LogP contribution in [-0.4, -0.2) is 0 Å². The van der Waals surface area contributed by atoms with Crippen LogP contribution in [0.4, 0.5) is 30.2 Å². The third-order valence-electron chi connectivity index (χ3n) is 2.29. The highest BCUT2D eigenvalue weighted by molar-refractivity contribution is 6.31. The third-order valence-corrected chi connectivity index (χ3v) is 2.58. The van der Waals surface area contributed by atoms with Crippen molar-refractivity contribution in [3.8, 4) is 0 Å². The van der Waals surface area contributed by atoms with Crippen LogP contribution in [0.15, 0.2) is 30.3 Å². The highest BCUT2D eigenvalue weighted by Crippen LogP contribution is 2.27. The SMILES string of the molecule is Nc1cc(F)c(F)cc1Nc1ccc(F)c(Cl)c1. The first-order valence-electron chi connectivity index (χ1n) is 4.94. The summed E-state index contributed by atoms with van der Waals surface area (Å²) in [6.07, 6.45) is 0. The normalized spacial score (nSPS) is 10.4. The third kappa shape index (κ3) is 2.51. The van der Waals surface area contributed by atoms with Gasteiger partial charge < -0.3 is 11.1 Å². The van der Waals surface area contributed by atoms with Crippen LogP contribution in [0, 0.1) is 17.5 Å². The summed E-state index contributed by atoms with van der Waals surface area (Å²) in [5.74, 6) is -2.63. The van der Waals surface area contributed by atoms with E-state index in [1.165, 1.54) is 12.1 Å². The second kappa shape index (κ2) is 4.78. The van der Waals surface area contributed by atoms with Gasteiger partial charge >= 0.3 is 0 Å². The fourth-order valence-electron chi connectivity index (χ4n) is 1.40. The molecule has 0 bridgehead atoms. The monoisotopic (exact) mass is 272 g/mol. The van der Waals surface area contributed by atoms with Gasteiger partial charge in [-0.25, -0.2) is 13.2 Å². The molecule has 0 fully saturated rings. The molecule has 18 heavy (non-hydrogen) atoms. The summed E-state index contributed by atoms with van der Waals surface area (Å²) in [6.45, 7) is 0. The summed E-state index contributed by atoms with van der Waals surface area (Å²) in [5, 5.41) is 2.64. The summed E-state index contributed by atoms with van der Waals surface area (Å²) in [4.78, 5) is 0. The van der Waals surface area contributed by atoms with Crippen molar-refractivity contribution in [1.82, 2.24) is 0 Å². The number of hydrogen-bond acceptors (Lipinski definition) is 2. The van der Waals surface area contributed by atoms with Gasteiger partial charge in [0.25, 0.3) is 0 Å². The molecular weight excluding hydrogens is 265 g/mol. The van der Waals surface area contributed by atoms with E-state index < -0.39 is 17.5 Å². The van der Waals surface area contributed by atoms with Gasteiger partial charge in [-0.3, -0.25) is 0 Å². The van der Waals surface area contributed by atoms with Gasteiger partial charge in [0.1, 0.15) is 5.82 Å². The van der Waals surface area contributed by atoms with Crippen LogP contribution in [0.5, 0.6) is 0 Å². The smallest absolute Gasteiger partial charge is 0.161 e. The molecule has 3 N–H and O–H groups in total. The van der Waals surface area contributed by atoms with Crippen molar-refractivity contribution < 1.29 is 13.2 Å². The molecule has 0 saturated carbocycles. The number of nitrogens with two attached hydrogens (primary N) is 1. The highest BCUT2D eigenvalue weighted by atomic mass is 35.5. The van der Waals surface area contributed by atoms with Gasteiger partial charge in [-0.05, 0) is 18.2 Å². The van der Waals surface area contributed by atoms with Crippen LogP contribution < -0.4 is 11.1 Å². The molecule has 0 aliphatic heterocycles. The molecule has 2 nitrogen and oxygen atoms in total. The maximum Gasteiger partial charge on any atom is 0.161 e. The van der Waals surface area contributed by atoms with E-state index in [1.807, 2.05) is 0 Å². The van der Waals surface area contributed by atoms with Crippen LogP contribution in [0.2, 0.25) is 5.02 Å². The molecular formula is C12H8ClF3N2. The number of nitrogen functional groups attached to an aromatic ring is 1. The lowest BCUT2D eigenvalue weighted by Gasteiger charge is -2.10. The Morgan fingerprint density at radius 3 is 2.28 bits per heavy atom. The molecule has 0 saturated heterocycles. The number of rotatable bonds is 2. The fraction of sp³-hybridized carbons (Fsp3) is 0. The number of benzene rings is 2. The Hall–Kier alpha value is -1.88.